The first-order valence-corrected chi connectivity index (χ1v) is 4.06. The van der Waals surface area contributed by atoms with Gasteiger partial charge in [0, 0.05) is 25.6 Å². The molecule has 2 aromatic heterocycles. The van der Waals surface area contributed by atoms with Gasteiger partial charge < -0.3 is 10.3 Å². The summed E-state index contributed by atoms with van der Waals surface area (Å²) in [5, 5.41) is 7.33. The largest absolute Gasteiger partial charge is 0.350 e. The number of anilines is 1. The molecular weight excluding hydrogens is 166 g/mol. The van der Waals surface area contributed by atoms with Crippen LogP contribution < -0.4 is 5.32 Å². The number of H-pyrrole nitrogens is 1. The maximum absolute atomic E-state index is 4.22. The van der Waals surface area contributed by atoms with Gasteiger partial charge in [-0.05, 0) is 6.07 Å². The second-order valence-electron chi connectivity index (χ2n) is 2.77. The van der Waals surface area contributed by atoms with Crippen LogP contribution in [0.3, 0.4) is 0 Å². The third kappa shape index (κ3) is 1.87. The van der Waals surface area contributed by atoms with E-state index < -0.39 is 0 Å². The van der Waals surface area contributed by atoms with Crippen molar-refractivity contribution in [3.8, 4) is 0 Å². The van der Waals surface area contributed by atoms with Crippen molar-refractivity contribution in [2.24, 2.45) is 7.05 Å². The molecule has 0 aromatic carbocycles. The molecule has 0 radical (unpaired) electrons. The highest BCUT2D eigenvalue weighted by molar-refractivity contribution is 5.23. The second-order valence-corrected chi connectivity index (χ2v) is 2.77. The van der Waals surface area contributed by atoms with E-state index in [0.29, 0.717) is 6.54 Å². The van der Waals surface area contributed by atoms with E-state index in [4.69, 9.17) is 0 Å². The average Bonchev–Trinajstić information content (AvgIpc) is 2.71. The number of aromatic amines is 1. The molecule has 5 heteroatoms. The Labute approximate surface area is 75.8 Å². The van der Waals surface area contributed by atoms with Crippen LogP contribution in [0, 0.1) is 0 Å². The topological polar surface area (TPSA) is 58.5 Å². The fraction of sp³-hybridized carbons (Fsp3) is 0.250. The SMILES string of the molecule is Cn1ccc(CNc2ncc[nH]2)n1. The van der Waals surface area contributed by atoms with Gasteiger partial charge in [0.25, 0.3) is 0 Å². The minimum Gasteiger partial charge on any atom is -0.350 e. The van der Waals surface area contributed by atoms with Crippen LogP contribution >= 0.6 is 0 Å². The Bertz CT molecular complexity index is 362. The molecule has 13 heavy (non-hydrogen) atoms. The molecule has 2 rings (SSSR count). The van der Waals surface area contributed by atoms with Crippen molar-refractivity contribution in [2.75, 3.05) is 5.32 Å². The van der Waals surface area contributed by atoms with Gasteiger partial charge in [0.15, 0.2) is 5.95 Å². The molecule has 0 unspecified atom stereocenters. The number of imidazole rings is 1. The highest BCUT2D eigenvalue weighted by atomic mass is 15.3. The summed E-state index contributed by atoms with van der Waals surface area (Å²) in [4.78, 5) is 6.99. The van der Waals surface area contributed by atoms with E-state index >= 15 is 0 Å². The first kappa shape index (κ1) is 7.85. The molecule has 68 valence electrons. The molecule has 2 heterocycles. The number of nitrogens with one attached hydrogen (secondary N) is 2. The summed E-state index contributed by atoms with van der Waals surface area (Å²) in [6.07, 6.45) is 5.40. The molecule has 0 amide bonds. The highest BCUT2D eigenvalue weighted by Crippen LogP contribution is 1.99. The van der Waals surface area contributed by atoms with Crippen LogP contribution in [0.25, 0.3) is 0 Å². The Kier molecular flexibility index (Phi) is 1.99. The summed E-state index contributed by atoms with van der Waals surface area (Å²) in [7, 11) is 1.90. The van der Waals surface area contributed by atoms with E-state index in [1.807, 2.05) is 19.3 Å². The van der Waals surface area contributed by atoms with Crippen LogP contribution in [-0.4, -0.2) is 19.7 Å². The molecule has 0 aliphatic carbocycles. The van der Waals surface area contributed by atoms with Gasteiger partial charge in [-0.3, -0.25) is 4.68 Å². The Balaban J connectivity index is 1.93. The van der Waals surface area contributed by atoms with Crippen LogP contribution in [0.4, 0.5) is 5.95 Å². The second kappa shape index (κ2) is 3.30. The number of hydrogen-bond donors (Lipinski definition) is 2. The normalized spacial score (nSPS) is 10.2. The van der Waals surface area contributed by atoms with Crippen LogP contribution in [0.5, 0.6) is 0 Å². The molecule has 0 saturated heterocycles. The molecule has 0 atom stereocenters. The Morgan fingerprint density at radius 1 is 1.62 bits per heavy atom. The van der Waals surface area contributed by atoms with Gasteiger partial charge in [0.05, 0.1) is 12.2 Å². The quantitative estimate of drug-likeness (QED) is 0.727. The Hall–Kier alpha value is -1.78. The van der Waals surface area contributed by atoms with Crippen LogP contribution in [0.2, 0.25) is 0 Å². The van der Waals surface area contributed by atoms with Crippen molar-refractivity contribution in [3.05, 3.63) is 30.4 Å². The number of aromatic nitrogens is 4. The summed E-state index contributed by atoms with van der Waals surface area (Å²) < 4.78 is 1.78. The fourth-order valence-electron chi connectivity index (χ4n) is 1.09. The lowest BCUT2D eigenvalue weighted by Gasteiger charge is -1.98. The lowest BCUT2D eigenvalue weighted by molar-refractivity contribution is 0.746. The summed E-state index contributed by atoms with van der Waals surface area (Å²) in [6.45, 7) is 0.689. The van der Waals surface area contributed by atoms with Crippen LogP contribution in [0.1, 0.15) is 5.69 Å². The summed E-state index contributed by atoms with van der Waals surface area (Å²) in [5.41, 5.74) is 0.999. The van der Waals surface area contributed by atoms with E-state index in [1.54, 1.807) is 17.1 Å². The van der Waals surface area contributed by atoms with Gasteiger partial charge in [-0.1, -0.05) is 0 Å². The minimum atomic E-state index is 0.689. The van der Waals surface area contributed by atoms with Crippen molar-refractivity contribution in [1.29, 1.82) is 0 Å². The van der Waals surface area contributed by atoms with Crippen molar-refractivity contribution < 1.29 is 0 Å². The first-order chi connectivity index (χ1) is 6.34. The summed E-state index contributed by atoms with van der Waals surface area (Å²) >= 11 is 0. The number of hydrogen-bond acceptors (Lipinski definition) is 3. The van der Waals surface area contributed by atoms with Crippen molar-refractivity contribution >= 4 is 5.95 Å². The van der Waals surface area contributed by atoms with E-state index in [9.17, 15) is 0 Å². The smallest absolute Gasteiger partial charge is 0.200 e. The number of aryl methyl sites for hydroxylation is 1. The van der Waals surface area contributed by atoms with Gasteiger partial charge >= 0.3 is 0 Å². The maximum atomic E-state index is 4.22. The van der Waals surface area contributed by atoms with Crippen molar-refractivity contribution in [1.82, 2.24) is 19.7 Å². The third-order valence-corrected chi connectivity index (χ3v) is 1.70. The van der Waals surface area contributed by atoms with Gasteiger partial charge in [-0.2, -0.15) is 5.10 Å². The molecule has 0 fully saturated rings. The van der Waals surface area contributed by atoms with E-state index in [2.05, 4.69) is 20.4 Å². The summed E-state index contributed by atoms with van der Waals surface area (Å²) in [6, 6.07) is 1.97. The van der Waals surface area contributed by atoms with E-state index in [-0.39, 0.29) is 0 Å². The van der Waals surface area contributed by atoms with Gasteiger partial charge in [-0.15, -0.1) is 0 Å². The molecule has 0 spiro atoms. The van der Waals surface area contributed by atoms with Crippen LogP contribution in [0.15, 0.2) is 24.7 Å². The minimum absolute atomic E-state index is 0.689. The molecule has 0 aliphatic rings. The molecule has 5 nitrogen and oxygen atoms in total. The predicted molar refractivity (Wildman–Crippen MR) is 49.1 cm³/mol. The molecule has 0 bridgehead atoms. The van der Waals surface area contributed by atoms with Gasteiger partial charge in [0.2, 0.25) is 0 Å². The molecule has 2 N–H and O–H groups in total. The average molecular weight is 177 g/mol. The van der Waals surface area contributed by atoms with Crippen molar-refractivity contribution in [3.63, 3.8) is 0 Å². The molecule has 2 aromatic rings. The zero-order valence-electron chi connectivity index (χ0n) is 7.36. The Morgan fingerprint density at radius 3 is 3.15 bits per heavy atom. The monoisotopic (exact) mass is 177 g/mol. The van der Waals surface area contributed by atoms with Gasteiger partial charge in [-0.25, -0.2) is 4.98 Å². The van der Waals surface area contributed by atoms with Crippen LogP contribution in [-0.2, 0) is 13.6 Å². The predicted octanol–water partition coefficient (Wildman–Crippen LogP) is 0.755. The van der Waals surface area contributed by atoms with E-state index in [0.717, 1.165) is 11.6 Å². The fourth-order valence-corrected chi connectivity index (χ4v) is 1.09. The van der Waals surface area contributed by atoms with Gasteiger partial charge in [0.1, 0.15) is 0 Å². The lowest BCUT2D eigenvalue weighted by Crippen LogP contribution is -2.02. The maximum Gasteiger partial charge on any atom is 0.200 e. The highest BCUT2D eigenvalue weighted by Gasteiger charge is 1.97. The molecular formula is C8H11N5. The van der Waals surface area contributed by atoms with Crippen molar-refractivity contribution in [2.45, 2.75) is 6.54 Å². The molecule has 0 aliphatic heterocycles. The zero-order valence-corrected chi connectivity index (χ0v) is 7.36. The zero-order chi connectivity index (χ0) is 9.10. The van der Waals surface area contributed by atoms with E-state index in [1.165, 1.54) is 0 Å². The third-order valence-electron chi connectivity index (χ3n) is 1.70. The Morgan fingerprint density at radius 2 is 2.54 bits per heavy atom. The number of nitrogens with zero attached hydrogens (tertiary/aromatic N) is 3. The standard InChI is InChI=1S/C8H11N5/c1-13-5-2-7(12-13)6-11-8-9-3-4-10-8/h2-5H,6H2,1H3,(H2,9,10,11). The lowest BCUT2D eigenvalue weighted by atomic mass is 10.4. The molecule has 0 saturated carbocycles. The first-order valence-electron chi connectivity index (χ1n) is 4.06. The number of rotatable bonds is 3. The summed E-state index contributed by atoms with van der Waals surface area (Å²) in [5.74, 6) is 0.769.